The third kappa shape index (κ3) is 3.22. The Labute approximate surface area is 98.7 Å². The number of aromatic nitrogens is 2. The average molecular weight is 232 g/mol. The average Bonchev–Trinajstić information content (AvgIpc) is 2.37. The summed E-state index contributed by atoms with van der Waals surface area (Å²) in [6, 6.07) is 8.18. The molecule has 1 aromatic heterocycles. The van der Waals surface area contributed by atoms with Crippen LogP contribution in [0.4, 0.5) is 10.2 Å². The van der Waals surface area contributed by atoms with Crippen LogP contribution in [0.3, 0.4) is 0 Å². The summed E-state index contributed by atoms with van der Waals surface area (Å²) in [7, 11) is 0. The van der Waals surface area contributed by atoms with Crippen molar-refractivity contribution in [2.75, 3.05) is 5.32 Å². The second-order valence-corrected chi connectivity index (χ2v) is 3.55. The van der Waals surface area contributed by atoms with Gasteiger partial charge in [-0.15, -0.1) is 0 Å². The highest BCUT2D eigenvalue weighted by Gasteiger charge is 1.98. The molecule has 0 radical (unpaired) electrons. The van der Waals surface area contributed by atoms with E-state index in [0.29, 0.717) is 24.7 Å². The van der Waals surface area contributed by atoms with Crippen LogP contribution in [0, 0.1) is 5.82 Å². The number of halogens is 1. The van der Waals surface area contributed by atoms with Crippen molar-refractivity contribution in [3.05, 3.63) is 53.7 Å². The Kier molecular flexibility index (Phi) is 3.62. The molecule has 0 atom stereocenters. The number of hydrogen-bond acceptors (Lipinski definition) is 4. The first-order valence-corrected chi connectivity index (χ1v) is 5.28. The Morgan fingerprint density at radius 3 is 2.94 bits per heavy atom. The number of benzene rings is 1. The summed E-state index contributed by atoms with van der Waals surface area (Å²) in [4.78, 5) is 8.18. The Bertz CT molecular complexity index is 501. The topological polar surface area (TPSA) is 63.8 Å². The quantitative estimate of drug-likeness (QED) is 0.842. The molecule has 3 N–H and O–H groups in total. The smallest absolute Gasteiger partial charge is 0.144 e. The summed E-state index contributed by atoms with van der Waals surface area (Å²) in [6.07, 6.45) is 1.64. The van der Waals surface area contributed by atoms with Crippen molar-refractivity contribution in [2.24, 2.45) is 5.73 Å². The number of rotatable bonds is 4. The highest BCUT2D eigenvalue weighted by molar-refractivity contribution is 5.34. The van der Waals surface area contributed by atoms with Crippen molar-refractivity contribution in [1.29, 1.82) is 0 Å². The van der Waals surface area contributed by atoms with Gasteiger partial charge in [0.1, 0.15) is 17.5 Å². The van der Waals surface area contributed by atoms with Crippen LogP contribution in [0.5, 0.6) is 0 Å². The lowest BCUT2D eigenvalue weighted by molar-refractivity contribution is 0.626. The predicted molar refractivity (Wildman–Crippen MR) is 63.7 cm³/mol. The molecule has 0 unspecified atom stereocenters. The van der Waals surface area contributed by atoms with E-state index in [1.54, 1.807) is 18.3 Å². The molecule has 17 heavy (non-hydrogen) atoms. The van der Waals surface area contributed by atoms with Gasteiger partial charge >= 0.3 is 0 Å². The van der Waals surface area contributed by atoms with E-state index in [9.17, 15) is 4.39 Å². The summed E-state index contributed by atoms with van der Waals surface area (Å²) < 4.78 is 12.9. The van der Waals surface area contributed by atoms with E-state index >= 15 is 0 Å². The van der Waals surface area contributed by atoms with Gasteiger partial charge in [0.05, 0.1) is 6.54 Å². The van der Waals surface area contributed by atoms with Gasteiger partial charge < -0.3 is 11.1 Å². The zero-order chi connectivity index (χ0) is 12.1. The van der Waals surface area contributed by atoms with Crippen molar-refractivity contribution in [2.45, 2.75) is 13.1 Å². The predicted octanol–water partition coefficient (Wildman–Crippen LogP) is 1.69. The van der Waals surface area contributed by atoms with Gasteiger partial charge in [0.25, 0.3) is 0 Å². The normalized spacial score (nSPS) is 10.2. The molecule has 1 heterocycles. The number of anilines is 1. The Balaban J connectivity index is 2.02. The first kappa shape index (κ1) is 11.5. The fourth-order valence-corrected chi connectivity index (χ4v) is 1.44. The monoisotopic (exact) mass is 232 g/mol. The summed E-state index contributed by atoms with van der Waals surface area (Å²) in [6.45, 7) is 0.814. The Hall–Kier alpha value is -2.01. The van der Waals surface area contributed by atoms with Gasteiger partial charge in [-0.25, -0.2) is 14.4 Å². The third-order valence-electron chi connectivity index (χ3n) is 2.25. The summed E-state index contributed by atoms with van der Waals surface area (Å²) in [5.74, 6) is 1.02. The molecule has 2 aromatic rings. The fourth-order valence-electron chi connectivity index (χ4n) is 1.44. The number of hydrogen-bond donors (Lipinski definition) is 2. The highest BCUT2D eigenvalue weighted by Crippen LogP contribution is 2.07. The molecule has 0 saturated carbocycles. The first-order valence-electron chi connectivity index (χ1n) is 5.28. The number of nitrogens with two attached hydrogens (primary N) is 1. The molecule has 0 bridgehead atoms. The molecule has 0 saturated heterocycles. The van der Waals surface area contributed by atoms with Crippen LogP contribution in [0.1, 0.15) is 11.4 Å². The van der Waals surface area contributed by atoms with E-state index < -0.39 is 0 Å². The van der Waals surface area contributed by atoms with Gasteiger partial charge in [-0.2, -0.15) is 0 Å². The second-order valence-electron chi connectivity index (χ2n) is 3.55. The van der Waals surface area contributed by atoms with Gasteiger partial charge in [0.15, 0.2) is 0 Å². The molecule has 5 heteroatoms. The van der Waals surface area contributed by atoms with E-state index in [1.807, 2.05) is 6.07 Å². The van der Waals surface area contributed by atoms with Crippen LogP contribution in [-0.4, -0.2) is 9.97 Å². The molecular weight excluding hydrogens is 219 g/mol. The molecule has 0 fully saturated rings. The van der Waals surface area contributed by atoms with E-state index in [0.717, 1.165) is 5.56 Å². The van der Waals surface area contributed by atoms with Crippen LogP contribution in [0.25, 0.3) is 0 Å². The zero-order valence-corrected chi connectivity index (χ0v) is 9.23. The number of nitrogens with one attached hydrogen (secondary N) is 1. The maximum Gasteiger partial charge on any atom is 0.144 e. The summed E-state index contributed by atoms with van der Waals surface area (Å²) in [5.41, 5.74) is 6.30. The minimum absolute atomic E-state index is 0.241. The largest absolute Gasteiger partial charge is 0.366 e. The Morgan fingerprint density at radius 1 is 1.29 bits per heavy atom. The molecule has 1 aromatic carbocycles. The Morgan fingerprint density at radius 2 is 2.18 bits per heavy atom. The van der Waals surface area contributed by atoms with Crippen molar-refractivity contribution in [1.82, 2.24) is 9.97 Å². The minimum Gasteiger partial charge on any atom is -0.366 e. The van der Waals surface area contributed by atoms with Gasteiger partial charge in [-0.1, -0.05) is 12.1 Å². The SMILES string of the molecule is NCc1nccc(NCc2cccc(F)c2)n1. The molecule has 0 aliphatic rings. The van der Waals surface area contributed by atoms with E-state index in [2.05, 4.69) is 15.3 Å². The second kappa shape index (κ2) is 5.36. The van der Waals surface area contributed by atoms with Gasteiger partial charge in [-0.05, 0) is 23.8 Å². The maximum atomic E-state index is 12.9. The van der Waals surface area contributed by atoms with E-state index in [-0.39, 0.29) is 5.82 Å². The van der Waals surface area contributed by atoms with Crippen molar-refractivity contribution >= 4 is 5.82 Å². The zero-order valence-electron chi connectivity index (χ0n) is 9.23. The number of nitrogens with zero attached hydrogens (tertiary/aromatic N) is 2. The molecule has 0 amide bonds. The summed E-state index contributed by atoms with van der Waals surface area (Å²) in [5, 5.41) is 3.09. The fraction of sp³-hybridized carbons (Fsp3) is 0.167. The lowest BCUT2D eigenvalue weighted by atomic mass is 10.2. The van der Waals surface area contributed by atoms with Crippen molar-refractivity contribution in [3.63, 3.8) is 0 Å². The standard InChI is InChI=1S/C12H13FN4/c13-10-3-1-2-9(6-10)8-16-11-4-5-15-12(7-14)17-11/h1-6H,7-8,14H2,(H,15,16,17). The van der Waals surface area contributed by atoms with Gasteiger partial charge in [0.2, 0.25) is 0 Å². The lowest BCUT2D eigenvalue weighted by Crippen LogP contribution is -2.07. The third-order valence-corrected chi connectivity index (χ3v) is 2.25. The molecule has 0 aliphatic heterocycles. The molecule has 4 nitrogen and oxygen atoms in total. The van der Waals surface area contributed by atoms with E-state index in [4.69, 9.17) is 5.73 Å². The summed E-state index contributed by atoms with van der Waals surface area (Å²) >= 11 is 0. The van der Waals surface area contributed by atoms with Gasteiger partial charge in [0, 0.05) is 12.7 Å². The van der Waals surface area contributed by atoms with Crippen molar-refractivity contribution < 1.29 is 4.39 Å². The van der Waals surface area contributed by atoms with Crippen LogP contribution in [-0.2, 0) is 13.1 Å². The van der Waals surface area contributed by atoms with Crippen LogP contribution in [0.2, 0.25) is 0 Å². The van der Waals surface area contributed by atoms with Crippen LogP contribution >= 0.6 is 0 Å². The molecule has 0 spiro atoms. The van der Waals surface area contributed by atoms with Crippen LogP contribution < -0.4 is 11.1 Å². The highest BCUT2D eigenvalue weighted by atomic mass is 19.1. The van der Waals surface area contributed by atoms with E-state index in [1.165, 1.54) is 12.1 Å². The molecule has 0 aliphatic carbocycles. The minimum atomic E-state index is -0.241. The van der Waals surface area contributed by atoms with Crippen LogP contribution in [0.15, 0.2) is 36.5 Å². The molecule has 2 rings (SSSR count). The van der Waals surface area contributed by atoms with Crippen molar-refractivity contribution in [3.8, 4) is 0 Å². The van der Waals surface area contributed by atoms with Gasteiger partial charge in [-0.3, -0.25) is 0 Å². The maximum absolute atomic E-state index is 12.9. The molecule has 88 valence electrons. The first-order chi connectivity index (χ1) is 8.28. The molecular formula is C12H13FN4. The lowest BCUT2D eigenvalue weighted by Gasteiger charge is -2.06.